The maximum atomic E-state index is 12.9. The summed E-state index contributed by atoms with van der Waals surface area (Å²) >= 11 is 0. The van der Waals surface area contributed by atoms with Gasteiger partial charge in [0.25, 0.3) is 0 Å². The van der Waals surface area contributed by atoms with Gasteiger partial charge in [0.1, 0.15) is 12.4 Å². The SMILES string of the molecule is C[C@@H](NC(=O)Cn1ncc2cccn2c1=O)c1ccc(F)cc1. The molecule has 0 aliphatic carbocycles. The Morgan fingerprint density at radius 2 is 2.04 bits per heavy atom. The summed E-state index contributed by atoms with van der Waals surface area (Å²) in [6.45, 7) is 1.61. The van der Waals surface area contributed by atoms with Crippen LogP contribution in [-0.4, -0.2) is 20.1 Å². The second-order valence-electron chi connectivity index (χ2n) is 5.23. The number of fused-ring (bicyclic) bond motifs is 1. The van der Waals surface area contributed by atoms with Gasteiger partial charge < -0.3 is 5.32 Å². The van der Waals surface area contributed by atoms with Crippen LogP contribution in [0.25, 0.3) is 5.52 Å². The Labute approximate surface area is 131 Å². The van der Waals surface area contributed by atoms with E-state index in [9.17, 15) is 14.0 Å². The number of carbonyl (C=O) groups is 1. The van der Waals surface area contributed by atoms with Gasteiger partial charge in [0, 0.05) is 6.20 Å². The number of nitrogens with one attached hydrogen (secondary N) is 1. The summed E-state index contributed by atoms with van der Waals surface area (Å²) in [6.07, 6.45) is 3.15. The molecule has 0 bridgehead atoms. The Morgan fingerprint density at radius 3 is 2.78 bits per heavy atom. The van der Waals surface area contributed by atoms with E-state index in [1.54, 1.807) is 37.4 Å². The van der Waals surface area contributed by atoms with Gasteiger partial charge in [-0.05, 0) is 36.8 Å². The molecule has 0 unspecified atom stereocenters. The molecule has 0 aliphatic rings. The van der Waals surface area contributed by atoms with Gasteiger partial charge in [0.2, 0.25) is 5.91 Å². The molecule has 118 valence electrons. The van der Waals surface area contributed by atoms with Crippen LogP contribution >= 0.6 is 0 Å². The van der Waals surface area contributed by atoms with Crippen LogP contribution in [0.15, 0.2) is 53.6 Å². The summed E-state index contributed by atoms with van der Waals surface area (Å²) in [4.78, 5) is 24.3. The van der Waals surface area contributed by atoms with Crippen molar-refractivity contribution in [1.82, 2.24) is 19.5 Å². The highest BCUT2D eigenvalue weighted by atomic mass is 19.1. The van der Waals surface area contributed by atoms with Crippen molar-refractivity contribution in [2.75, 3.05) is 0 Å². The smallest absolute Gasteiger partial charge is 0.348 e. The first-order chi connectivity index (χ1) is 11.0. The van der Waals surface area contributed by atoms with E-state index < -0.39 is 0 Å². The quantitative estimate of drug-likeness (QED) is 0.794. The first-order valence-corrected chi connectivity index (χ1v) is 7.12. The lowest BCUT2D eigenvalue weighted by Crippen LogP contribution is -2.36. The first-order valence-electron chi connectivity index (χ1n) is 7.12. The summed E-state index contributed by atoms with van der Waals surface area (Å²) in [6, 6.07) is 9.09. The first kappa shape index (κ1) is 15.0. The minimum atomic E-state index is -0.378. The normalized spacial score (nSPS) is 12.3. The molecule has 0 spiro atoms. The zero-order valence-corrected chi connectivity index (χ0v) is 12.4. The Kier molecular flexibility index (Phi) is 3.92. The zero-order chi connectivity index (χ0) is 16.4. The number of carbonyl (C=O) groups excluding carboxylic acids is 1. The minimum Gasteiger partial charge on any atom is -0.348 e. The summed E-state index contributed by atoms with van der Waals surface area (Å²) in [7, 11) is 0. The summed E-state index contributed by atoms with van der Waals surface area (Å²) in [5, 5.41) is 6.75. The van der Waals surface area contributed by atoms with Crippen LogP contribution in [0.3, 0.4) is 0 Å². The molecule has 3 aromatic rings. The molecule has 1 atom stereocenters. The maximum Gasteiger partial charge on any atom is 0.349 e. The molecule has 0 fully saturated rings. The van der Waals surface area contributed by atoms with Gasteiger partial charge in [-0.1, -0.05) is 12.1 Å². The van der Waals surface area contributed by atoms with Gasteiger partial charge >= 0.3 is 5.69 Å². The van der Waals surface area contributed by atoms with Crippen LogP contribution in [0.2, 0.25) is 0 Å². The monoisotopic (exact) mass is 314 g/mol. The van der Waals surface area contributed by atoms with Crippen molar-refractivity contribution in [1.29, 1.82) is 0 Å². The standard InChI is InChI=1S/C16H15FN4O2/c1-11(12-4-6-13(17)7-5-12)19-15(22)10-21-16(23)20-8-2-3-14(20)9-18-21/h2-9,11H,10H2,1H3,(H,19,22)/t11-/m1/s1. The molecule has 2 heterocycles. The average molecular weight is 314 g/mol. The number of halogens is 1. The maximum absolute atomic E-state index is 12.9. The van der Waals surface area contributed by atoms with Gasteiger partial charge in [-0.25, -0.2) is 13.9 Å². The van der Waals surface area contributed by atoms with E-state index in [0.29, 0.717) is 5.52 Å². The van der Waals surface area contributed by atoms with Gasteiger partial charge in [-0.3, -0.25) is 9.20 Å². The van der Waals surface area contributed by atoms with E-state index in [1.165, 1.54) is 22.7 Å². The second-order valence-corrected chi connectivity index (χ2v) is 5.23. The summed E-state index contributed by atoms with van der Waals surface area (Å²) in [5.41, 5.74) is 1.07. The number of amides is 1. The Bertz CT molecular complexity index is 898. The van der Waals surface area contributed by atoms with Crippen molar-refractivity contribution in [2.45, 2.75) is 19.5 Å². The Hall–Kier alpha value is -2.96. The Morgan fingerprint density at radius 1 is 1.30 bits per heavy atom. The number of hydrogen-bond acceptors (Lipinski definition) is 3. The van der Waals surface area contributed by atoms with Gasteiger partial charge in [0.15, 0.2) is 0 Å². The van der Waals surface area contributed by atoms with Gasteiger partial charge in [-0.15, -0.1) is 0 Å². The number of aromatic nitrogens is 3. The van der Waals surface area contributed by atoms with Crippen LogP contribution < -0.4 is 11.0 Å². The van der Waals surface area contributed by atoms with Crippen molar-refractivity contribution in [3.05, 3.63) is 70.7 Å². The van der Waals surface area contributed by atoms with Crippen molar-refractivity contribution < 1.29 is 9.18 Å². The minimum absolute atomic E-state index is 0.182. The number of nitrogens with zero attached hydrogens (tertiary/aromatic N) is 3. The van der Waals surface area contributed by atoms with Crippen LogP contribution in [0, 0.1) is 5.82 Å². The highest BCUT2D eigenvalue weighted by Crippen LogP contribution is 2.12. The van der Waals surface area contributed by atoms with E-state index in [1.807, 2.05) is 0 Å². The lowest BCUT2D eigenvalue weighted by molar-refractivity contribution is -0.122. The number of rotatable bonds is 4. The van der Waals surface area contributed by atoms with Crippen molar-refractivity contribution >= 4 is 11.4 Å². The molecule has 0 saturated heterocycles. The van der Waals surface area contributed by atoms with Crippen LogP contribution in [0.1, 0.15) is 18.5 Å². The van der Waals surface area contributed by atoms with Crippen LogP contribution in [0.4, 0.5) is 4.39 Å². The third-order valence-electron chi connectivity index (χ3n) is 3.58. The van der Waals surface area contributed by atoms with E-state index in [2.05, 4.69) is 10.4 Å². The van der Waals surface area contributed by atoms with E-state index in [0.717, 1.165) is 10.2 Å². The molecular formula is C16H15FN4O2. The fourth-order valence-corrected chi connectivity index (χ4v) is 2.34. The topological polar surface area (TPSA) is 68.4 Å². The van der Waals surface area contributed by atoms with Crippen molar-refractivity contribution in [3.8, 4) is 0 Å². The van der Waals surface area contributed by atoms with E-state index in [4.69, 9.17) is 0 Å². The average Bonchev–Trinajstić information content (AvgIpc) is 3.00. The number of benzene rings is 1. The molecule has 7 heteroatoms. The lowest BCUT2D eigenvalue weighted by Gasteiger charge is -2.14. The summed E-state index contributed by atoms with van der Waals surface area (Å²) in [5.74, 6) is -0.675. The molecule has 3 rings (SSSR count). The molecule has 23 heavy (non-hydrogen) atoms. The predicted octanol–water partition coefficient (Wildman–Crippen LogP) is 1.51. The molecular weight excluding hydrogens is 299 g/mol. The lowest BCUT2D eigenvalue weighted by atomic mass is 10.1. The van der Waals surface area contributed by atoms with Crippen molar-refractivity contribution in [2.24, 2.45) is 0 Å². The molecule has 0 saturated carbocycles. The second kappa shape index (κ2) is 6.04. The number of hydrogen-bond donors (Lipinski definition) is 1. The van der Waals surface area contributed by atoms with E-state index in [-0.39, 0.29) is 30.0 Å². The fraction of sp³-hybridized carbons (Fsp3) is 0.188. The molecule has 0 radical (unpaired) electrons. The highest BCUT2D eigenvalue weighted by Gasteiger charge is 2.12. The van der Waals surface area contributed by atoms with Crippen molar-refractivity contribution in [3.63, 3.8) is 0 Å². The molecule has 1 N–H and O–H groups in total. The molecule has 0 aliphatic heterocycles. The molecule has 2 aromatic heterocycles. The van der Waals surface area contributed by atoms with Crippen LogP contribution in [-0.2, 0) is 11.3 Å². The fourth-order valence-electron chi connectivity index (χ4n) is 2.34. The third kappa shape index (κ3) is 3.13. The summed E-state index contributed by atoms with van der Waals surface area (Å²) < 4.78 is 15.4. The van der Waals surface area contributed by atoms with Crippen LogP contribution in [0.5, 0.6) is 0 Å². The molecule has 1 aromatic carbocycles. The zero-order valence-electron chi connectivity index (χ0n) is 12.4. The largest absolute Gasteiger partial charge is 0.349 e. The highest BCUT2D eigenvalue weighted by molar-refractivity contribution is 5.76. The molecule has 1 amide bonds. The van der Waals surface area contributed by atoms with E-state index >= 15 is 0 Å². The molecule has 6 nitrogen and oxygen atoms in total. The van der Waals surface area contributed by atoms with Gasteiger partial charge in [-0.2, -0.15) is 5.10 Å². The Balaban J connectivity index is 1.72. The third-order valence-corrected chi connectivity index (χ3v) is 3.58. The predicted molar refractivity (Wildman–Crippen MR) is 82.4 cm³/mol. The van der Waals surface area contributed by atoms with Gasteiger partial charge in [0.05, 0.1) is 17.8 Å².